The zero-order chi connectivity index (χ0) is 10.8. The molecule has 0 aliphatic carbocycles. The van der Waals surface area contributed by atoms with Crippen LogP contribution in [0.4, 0.5) is 4.39 Å². The number of benzene rings is 1. The van der Waals surface area contributed by atoms with Gasteiger partial charge < -0.3 is 14.8 Å². The molecular formula is C11H12FNO2. The number of likely N-dealkylation sites (N-methyl/N-ethyl adjacent to an activating group) is 1. The molecule has 1 aromatic carbocycles. The summed E-state index contributed by atoms with van der Waals surface area (Å²) in [5, 5.41) is 13.3. The molecule has 2 N–H and O–H groups in total. The maximum atomic E-state index is 13.5. The zero-order valence-electron chi connectivity index (χ0n) is 8.33. The minimum atomic E-state index is -0.898. The van der Waals surface area contributed by atoms with Gasteiger partial charge in [-0.2, -0.15) is 0 Å². The number of hydrogen-bond donors (Lipinski definition) is 2. The van der Waals surface area contributed by atoms with Crippen LogP contribution in [0.2, 0.25) is 0 Å². The third kappa shape index (κ3) is 1.73. The Morgan fingerprint density at radius 3 is 3.00 bits per heavy atom. The van der Waals surface area contributed by atoms with E-state index in [9.17, 15) is 9.50 Å². The predicted molar refractivity (Wildman–Crippen MR) is 55.1 cm³/mol. The lowest BCUT2D eigenvalue weighted by Crippen LogP contribution is -2.17. The molecule has 80 valence electrons. The van der Waals surface area contributed by atoms with Crippen LogP contribution in [-0.4, -0.2) is 18.7 Å². The highest BCUT2D eigenvalue weighted by atomic mass is 19.1. The van der Waals surface area contributed by atoms with Gasteiger partial charge in [0.15, 0.2) is 0 Å². The van der Waals surface area contributed by atoms with Crippen molar-refractivity contribution in [3.63, 3.8) is 0 Å². The molecule has 0 radical (unpaired) electrons. The lowest BCUT2D eigenvalue weighted by atomic mass is 10.1. The van der Waals surface area contributed by atoms with Crippen molar-refractivity contribution >= 4 is 11.0 Å². The van der Waals surface area contributed by atoms with Gasteiger partial charge in [-0.15, -0.1) is 0 Å². The first-order valence-electron chi connectivity index (χ1n) is 4.72. The Morgan fingerprint density at radius 2 is 2.27 bits per heavy atom. The predicted octanol–water partition coefficient (Wildman–Crippen LogP) is 1.82. The van der Waals surface area contributed by atoms with Crippen LogP contribution in [0.25, 0.3) is 11.0 Å². The molecular weight excluding hydrogens is 197 g/mol. The van der Waals surface area contributed by atoms with Crippen LogP contribution in [0, 0.1) is 5.82 Å². The quantitative estimate of drug-likeness (QED) is 0.810. The molecule has 0 spiro atoms. The maximum absolute atomic E-state index is 13.5. The molecule has 3 nitrogen and oxygen atoms in total. The van der Waals surface area contributed by atoms with E-state index in [1.807, 2.05) is 0 Å². The van der Waals surface area contributed by atoms with Gasteiger partial charge in [0, 0.05) is 11.9 Å². The van der Waals surface area contributed by atoms with Crippen molar-refractivity contribution in [1.29, 1.82) is 0 Å². The van der Waals surface area contributed by atoms with E-state index in [2.05, 4.69) is 5.32 Å². The van der Waals surface area contributed by atoms with Crippen LogP contribution in [0.1, 0.15) is 11.7 Å². The zero-order valence-corrected chi connectivity index (χ0v) is 8.33. The topological polar surface area (TPSA) is 45.4 Å². The largest absolute Gasteiger partial charge is 0.464 e. The van der Waals surface area contributed by atoms with Gasteiger partial charge in [-0.25, -0.2) is 4.39 Å². The number of hydrogen-bond acceptors (Lipinski definition) is 3. The summed E-state index contributed by atoms with van der Waals surface area (Å²) in [6, 6.07) is 4.71. The molecule has 1 heterocycles. The summed E-state index contributed by atoms with van der Waals surface area (Å²) in [5.41, 5.74) is 0.629. The van der Waals surface area contributed by atoms with E-state index >= 15 is 0 Å². The van der Waals surface area contributed by atoms with E-state index < -0.39 is 11.9 Å². The van der Waals surface area contributed by atoms with Gasteiger partial charge in [-0.3, -0.25) is 0 Å². The van der Waals surface area contributed by atoms with Crippen molar-refractivity contribution in [3.05, 3.63) is 35.8 Å². The van der Waals surface area contributed by atoms with E-state index in [4.69, 9.17) is 4.42 Å². The Balaban J connectivity index is 2.55. The second kappa shape index (κ2) is 4.00. The number of aliphatic hydroxyl groups excluding tert-OH is 1. The van der Waals surface area contributed by atoms with E-state index in [0.29, 0.717) is 5.58 Å². The normalized spacial score (nSPS) is 13.3. The van der Waals surface area contributed by atoms with Crippen LogP contribution in [0.3, 0.4) is 0 Å². The van der Waals surface area contributed by atoms with E-state index in [1.54, 1.807) is 19.2 Å². The molecule has 0 bridgehead atoms. The van der Waals surface area contributed by atoms with Gasteiger partial charge in [0.1, 0.15) is 11.4 Å². The van der Waals surface area contributed by atoms with Gasteiger partial charge in [0.25, 0.3) is 0 Å². The fourth-order valence-corrected chi connectivity index (χ4v) is 1.64. The van der Waals surface area contributed by atoms with Gasteiger partial charge in [0.05, 0.1) is 17.9 Å². The van der Waals surface area contributed by atoms with Gasteiger partial charge in [-0.05, 0) is 25.2 Å². The summed E-state index contributed by atoms with van der Waals surface area (Å²) in [6.07, 6.45) is 0.588. The molecule has 0 aliphatic rings. The summed E-state index contributed by atoms with van der Waals surface area (Å²) in [6.45, 7) is 0.288. The first-order chi connectivity index (χ1) is 7.24. The van der Waals surface area contributed by atoms with Crippen LogP contribution in [-0.2, 0) is 0 Å². The smallest absolute Gasteiger partial charge is 0.142 e. The molecule has 0 amide bonds. The maximum Gasteiger partial charge on any atom is 0.142 e. The number of aliphatic hydroxyl groups is 1. The number of furan rings is 1. The van der Waals surface area contributed by atoms with Crippen molar-refractivity contribution in [2.24, 2.45) is 0 Å². The Kier molecular flexibility index (Phi) is 2.70. The Hall–Kier alpha value is -1.39. The van der Waals surface area contributed by atoms with Crippen molar-refractivity contribution < 1.29 is 13.9 Å². The minimum absolute atomic E-state index is 0.215. The minimum Gasteiger partial charge on any atom is -0.464 e. The standard InChI is InChI=1S/C11H12FNO2/c1-13-6-9(14)10-8(12)3-2-7-4-5-15-11(7)10/h2-5,9,13-14H,6H2,1H3. The van der Waals surface area contributed by atoms with Gasteiger partial charge in [0.2, 0.25) is 0 Å². The summed E-state index contributed by atoms with van der Waals surface area (Å²) in [4.78, 5) is 0. The van der Waals surface area contributed by atoms with E-state index in [-0.39, 0.29) is 12.1 Å². The SMILES string of the molecule is CNCC(O)c1c(F)ccc2ccoc12. The lowest BCUT2D eigenvalue weighted by molar-refractivity contribution is 0.173. The summed E-state index contributed by atoms with van der Waals surface area (Å²) >= 11 is 0. The number of nitrogens with one attached hydrogen (secondary N) is 1. The van der Waals surface area contributed by atoms with Crippen LogP contribution >= 0.6 is 0 Å². The van der Waals surface area contributed by atoms with Crippen molar-refractivity contribution in [2.75, 3.05) is 13.6 Å². The fraction of sp³-hybridized carbons (Fsp3) is 0.273. The van der Waals surface area contributed by atoms with Crippen molar-refractivity contribution in [2.45, 2.75) is 6.10 Å². The average Bonchev–Trinajstić information content (AvgIpc) is 2.65. The number of rotatable bonds is 3. The molecule has 2 rings (SSSR count). The molecule has 1 aromatic heterocycles. The molecule has 0 aliphatic heterocycles. The van der Waals surface area contributed by atoms with Crippen molar-refractivity contribution in [3.8, 4) is 0 Å². The summed E-state index contributed by atoms with van der Waals surface area (Å²) < 4.78 is 18.7. The monoisotopic (exact) mass is 209 g/mol. The van der Waals surface area contributed by atoms with E-state index in [1.165, 1.54) is 12.3 Å². The molecule has 15 heavy (non-hydrogen) atoms. The first-order valence-corrected chi connectivity index (χ1v) is 4.72. The van der Waals surface area contributed by atoms with E-state index in [0.717, 1.165) is 5.39 Å². The molecule has 0 saturated heterocycles. The highest BCUT2D eigenvalue weighted by Gasteiger charge is 2.17. The molecule has 1 atom stereocenters. The second-order valence-corrected chi connectivity index (χ2v) is 3.37. The van der Waals surface area contributed by atoms with Crippen LogP contribution in [0.5, 0.6) is 0 Å². The highest BCUT2D eigenvalue weighted by Crippen LogP contribution is 2.27. The highest BCUT2D eigenvalue weighted by molar-refractivity contribution is 5.80. The number of fused-ring (bicyclic) bond motifs is 1. The van der Waals surface area contributed by atoms with Crippen LogP contribution < -0.4 is 5.32 Å². The number of halogens is 1. The summed E-state index contributed by atoms with van der Waals surface area (Å²) in [7, 11) is 1.70. The Morgan fingerprint density at radius 1 is 1.47 bits per heavy atom. The molecule has 0 saturated carbocycles. The lowest BCUT2D eigenvalue weighted by Gasteiger charge is -2.11. The average molecular weight is 209 g/mol. The molecule has 1 unspecified atom stereocenters. The van der Waals surface area contributed by atoms with Gasteiger partial charge in [-0.1, -0.05) is 0 Å². The third-order valence-electron chi connectivity index (χ3n) is 2.34. The fourth-order valence-electron chi connectivity index (χ4n) is 1.64. The Labute approximate surface area is 86.5 Å². The second-order valence-electron chi connectivity index (χ2n) is 3.37. The third-order valence-corrected chi connectivity index (χ3v) is 2.34. The first kappa shape index (κ1) is 10.1. The molecule has 0 fully saturated rings. The molecule has 4 heteroatoms. The summed E-state index contributed by atoms with van der Waals surface area (Å²) in [5.74, 6) is -0.444. The Bertz CT molecular complexity index is 467. The van der Waals surface area contributed by atoms with Crippen molar-refractivity contribution in [1.82, 2.24) is 5.32 Å². The van der Waals surface area contributed by atoms with Gasteiger partial charge >= 0.3 is 0 Å². The van der Waals surface area contributed by atoms with Crippen LogP contribution in [0.15, 0.2) is 28.9 Å². The molecule has 2 aromatic rings.